The Morgan fingerprint density at radius 2 is 1.81 bits per heavy atom. The van der Waals surface area contributed by atoms with E-state index in [0.717, 1.165) is 50.2 Å². The van der Waals surface area contributed by atoms with Crippen molar-refractivity contribution in [3.8, 4) is 5.75 Å². The first-order chi connectivity index (χ1) is 12.5. The van der Waals surface area contributed by atoms with Crippen LogP contribution >= 0.6 is 12.2 Å². The lowest BCUT2D eigenvalue weighted by atomic mass is 9.63. The van der Waals surface area contributed by atoms with Gasteiger partial charge >= 0.3 is 0 Å². The Morgan fingerprint density at radius 3 is 2.35 bits per heavy atom. The summed E-state index contributed by atoms with van der Waals surface area (Å²) in [5.74, 6) is 1.15. The number of nitrogens with one attached hydrogen (secondary N) is 1. The minimum atomic E-state index is -0.341. The van der Waals surface area contributed by atoms with Gasteiger partial charge in [0, 0.05) is 18.8 Å². The molecule has 0 spiro atoms. The van der Waals surface area contributed by atoms with Gasteiger partial charge in [-0.15, -0.1) is 0 Å². The number of anilines is 1. The summed E-state index contributed by atoms with van der Waals surface area (Å²) in [4.78, 5) is 14.5. The molecule has 5 nitrogen and oxygen atoms in total. The SMILES string of the molecule is COc1ccc(NC(=S)N2CCC(C(N)=O)(C3CCCCC3)CC2)cc1. The molecule has 142 valence electrons. The van der Waals surface area contributed by atoms with Crippen LogP contribution in [-0.2, 0) is 4.79 Å². The fourth-order valence-corrected chi connectivity index (χ4v) is 4.80. The monoisotopic (exact) mass is 375 g/mol. The number of nitrogens with zero attached hydrogens (tertiary/aromatic N) is 1. The average Bonchev–Trinajstić information content (AvgIpc) is 2.69. The van der Waals surface area contributed by atoms with Gasteiger partial charge in [-0.2, -0.15) is 0 Å². The molecule has 6 heteroatoms. The molecule has 1 aromatic rings. The minimum absolute atomic E-state index is 0.113. The van der Waals surface area contributed by atoms with Crippen LogP contribution in [0, 0.1) is 11.3 Å². The molecule has 2 aliphatic rings. The standard InChI is InChI=1S/C20H29N3O2S/c1-25-17-9-7-16(8-10-17)22-19(26)23-13-11-20(12-14-23,18(21)24)15-5-3-2-4-6-15/h7-10,15H,2-6,11-14H2,1H3,(H2,21,24)(H,22,26). The summed E-state index contributed by atoms with van der Waals surface area (Å²) in [7, 11) is 1.65. The van der Waals surface area contributed by atoms with E-state index in [9.17, 15) is 4.79 Å². The van der Waals surface area contributed by atoms with Crippen molar-refractivity contribution in [3.05, 3.63) is 24.3 Å². The van der Waals surface area contributed by atoms with Gasteiger partial charge in [-0.1, -0.05) is 19.3 Å². The first-order valence-electron chi connectivity index (χ1n) is 9.55. The lowest BCUT2D eigenvalue weighted by Crippen LogP contribution is -2.53. The highest BCUT2D eigenvalue weighted by Crippen LogP contribution is 2.45. The van der Waals surface area contributed by atoms with E-state index >= 15 is 0 Å². The highest BCUT2D eigenvalue weighted by atomic mass is 32.1. The molecular formula is C20H29N3O2S. The molecule has 1 heterocycles. The molecule has 3 rings (SSSR count). The van der Waals surface area contributed by atoms with Gasteiger partial charge in [0.15, 0.2) is 5.11 Å². The smallest absolute Gasteiger partial charge is 0.224 e. The van der Waals surface area contributed by atoms with E-state index in [2.05, 4.69) is 10.2 Å². The van der Waals surface area contributed by atoms with Crippen molar-refractivity contribution >= 4 is 28.9 Å². The second-order valence-electron chi connectivity index (χ2n) is 7.50. The Balaban J connectivity index is 1.60. The number of nitrogens with two attached hydrogens (primary N) is 1. The fraction of sp³-hybridized carbons (Fsp3) is 0.600. The van der Waals surface area contributed by atoms with Crippen LogP contribution in [0.2, 0.25) is 0 Å². The number of primary amides is 1. The predicted octanol–water partition coefficient (Wildman–Crippen LogP) is 3.54. The summed E-state index contributed by atoms with van der Waals surface area (Å²) in [5.41, 5.74) is 6.49. The molecule has 0 aromatic heterocycles. The number of likely N-dealkylation sites (tertiary alicyclic amines) is 1. The number of methoxy groups -OCH3 is 1. The van der Waals surface area contributed by atoms with Gasteiger partial charge in [0.05, 0.1) is 12.5 Å². The fourth-order valence-electron chi connectivity index (χ4n) is 4.50. The number of thiocarbonyl (C=S) groups is 1. The maximum atomic E-state index is 12.3. The van der Waals surface area contributed by atoms with Crippen molar-refractivity contribution in [1.82, 2.24) is 4.90 Å². The van der Waals surface area contributed by atoms with Crippen LogP contribution in [0.5, 0.6) is 5.75 Å². The zero-order valence-electron chi connectivity index (χ0n) is 15.5. The molecule has 0 bridgehead atoms. The first-order valence-corrected chi connectivity index (χ1v) is 9.96. The Kier molecular flexibility index (Phi) is 6.01. The maximum absolute atomic E-state index is 12.3. The third-order valence-corrected chi connectivity index (χ3v) is 6.52. The summed E-state index contributed by atoms with van der Waals surface area (Å²) in [6.07, 6.45) is 7.61. The Labute approximate surface area is 161 Å². The molecule has 1 aromatic carbocycles. The topological polar surface area (TPSA) is 67.6 Å². The second-order valence-corrected chi connectivity index (χ2v) is 7.89. The first kappa shape index (κ1) is 19.0. The van der Waals surface area contributed by atoms with Crippen molar-refractivity contribution in [2.24, 2.45) is 17.1 Å². The largest absolute Gasteiger partial charge is 0.497 e. The van der Waals surface area contributed by atoms with Gasteiger partial charge in [0.25, 0.3) is 0 Å². The van der Waals surface area contributed by atoms with Gasteiger partial charge in [0.1, 0.15) is 5.75 Å². The molecule has 0 radical (unpaired) electrons. The number of ether oxygens (including phenoxy) is 1. The van der Waals surface area contributed by atoms with Crippen LogP contribution in [0.1, 0.15) is 44.9 Å². The molecule has 1 amide bonds. The quantitative estimate of drug-likeness (QED) is 0.788. The third-order valence-electron chi connectivity index (χ3n) is 6.16. The number of carbonyl (C=O) groups is 1. The number of rotatable bonds is 4. The number of hydrogen-bond donors (Lipinski definition) is 2. The van der Waals surface area contributed by atoms with Crippen LogP contribution in [0.25, 0.3) is 0 Å². The summed E-state index contributed by atoms with van der Waals surface area (Å²) in [5, 5.41) is 3.99. The van der Waals surface area contributed by atoms with Crippen LogP contribution in [0.15, 0.2) is 24.3 Å². The van der Waals surface area contributed by atoms with Gasteiger partial charge in [0.2, 0.25) is 5.91 Å². The zero-order valence-corrected chi connectivity index (χ0v) is 16.3. The van der Waals surface area contributed by atoms with E-state index < -0.39 is 0 Å². The van der Waals surface area contributed by atoms with E-state index in [4.69, 9.17) is 22.7 Å². The summed E-state index contributed by atoms with van der Waals surface area (Å²) in [6, 6.07) is 7.71. The molecule has 1 aliphatic heterocycles. The van der Waals surface area contributed by atoms with Crippen molar-refractivity contribution in [2.45, 2.75) is 44.9 Å². The lowest BCUT2D eigenvalue weighted by molar-refractivity contribution is -0.135. The van der Waals surface area contributed by atoms with E-state index in [1.165, 1.54) is 19.3 Å². The van der Waals surface area contributed by atoms with E-state index in [-0.39, 0.29) is 11.3 Å². The van der Waals surface area contributed by atoms with Crippen LogP contribution in [0.4, 0.5) is 5.69 Å². The summed E-state index contributed by atoms with van der Waals surface area (Å²) >= 11 is 5.58. The Morgan fingerprint density at radius 1 is 1.19 bits per heavy atom. The summed E-state index contributed by atoms with van der Waals surface area (Å²) in [6.45, 7) is 1.56. The second kappa shape index (κ2) is 8.25. The highest BCUT2D eigenvalue weighted by Gasteiger charge is 2.46. The van der Waals surface area contributed by atoms with Crippen molar-refractivity contribution in [1.29, 1.82) is 0 Å². The molecular weight excluding hydrogens is 346 g/mol. The predicted molar refractivity (Wildman–Crippen MR) is 108 cm³/mol. The molecule has 1 saturated carbocycles. The number of hydrogen-bond acceptors (Lipinski definition) is 3. The molecule has 0 unspecified atom stereocenters. The number of piperidine rings is 1. The number of benzene rings is 1. The molecule has 3 N–H and O–H groups in total. The molecule has 0 atom stereocenters. The average molecular weight is 376 g/mol. The van der Waals surface area contributed by atoms with Crippen LogP contribution in [0.3, 0.4) is 0 Å². The summed E-state index contributed by atoms with van der Waals surface area (Å²) < 4.78 is 5.18. The Bertz CT molecular complexity index is 633. The van der Waals surface area contributed by atoms with Crippen molar-refractivity contribution in [2.75, 3.05) is 25.5 Å². The van der Waals surface area contributed by atoms with Gasteiger partial charge in [-0.3, -0.25) is 4.79 Å². The van der Waals surface area contributed by atoms with Gasteiger partial charge in [-0.05, 0) is 68.1 Å². The zero-order chi connectivity index (χ0) is 18.6. The molecule has 1 aliphatic carbocycles. The number of amides is 1. The molecule has 26 heavy (non-hydrogen) atoms. The van der Waals surface area contributed by atoms with E-state index in [1.807, 2.05) is 24.3 Å². The molecule has 2 fully saturated rings. The number of carbonyl (C=O) groups excluding carboxylic acids is 1. The van der Waals surface area contributed by atoms with E-state index in [0.29, 0.717) is 11.0 Å². The van der Waals surface area contributed by atoms with Gasteiger partial charge in [-0.25, -0.2) is 0 Å². The normalized spacial score (nSPS) is 20.4. The van der Waals surface area contributed by atoms with Gasteiger partial charge < -0.3 is 20.7 Å². The lowest BCUT2D eigenvalue weighted by Gasteiger charge is -2.46. The van der Waals surface area contributed by atoms with E-state index in [1.54, 1.807) is 7.11 Å². The van der Waals surface area contributed by atoms with Crippen molar-refractivity contribution in [3.63, 3.8) is 0 Å². The Hall–Kier alpha value is -1.82. The highest BCUT2D eigenvalue weighted by molar-refractivity contribution is 7.80. The molecule has 1 saturated heterocycles. The minimum Gasteiger partial charge on any atom is -0.497 e. The van der Waals surface area contributed by atoms with Crippen LogP contribution < -0.4 is 15.8 Å². The maximum Gasteiger partial charge on any atom is 0.224 e. The third kappa shape index (κ3) is 3.95. The van der Waals surface area contributed by atoms with Crippen molar-refractivity contribution < 1.29 is 9.53 Å². The van der Waals surface area contributed by atoms with Crippen LogP contribution in [-0.4, -0.2) is 36.1 Å².